The van der Waals surface area contributed by atoms with Gasteiger partial charge in [0.05, 0.1) is 29.8 Å². The number of methoxy groups -OCH3 is 2. The van der Waals surface area contributed by atoms with Crippen molar-refractivity contribution in [2.24, 2.45) is 5.92 Å². The van der Waals surface area contributed by atoms with Crippen LogP contribution in [0.1, 0.15) is 30.6 Å². The number of carbonyl (C=O) groups excluding carboxylic acids is 4. The average molecular weight is 526 g/mol. The second-order valence-corrected chi connectivity index (χ2v) is 9.62. The fourth-order valence-electron chi connectivity index (χ4n) is 2.51. The third-order valence-corrected chi connectivity index (χ3v) is 6.38. The number of hydrogen-bond acceptors (Lipinski definition) is 8. The zero-order chi connectivity index (χ0) is 25.3. The maximum absolute atomic E-state index is 13.0. The summed E-state index contributed by atoms with van der Waals surface area (Å²) in [7, 11) is -2.15. The Hall–Kier alpha value is -2.41. The van der Waals surface area contributed by atoms with Gasteiger partial charge < -0.3 is 20.1 Å². The molecule has 0 unspecified atom stereocenters. The number of esters is 2. The van der Waals surface area contributed by atoms with E-state index in [2.05, 4.69) is 24.8 Å². The summed E-state index contributed by atoms with van der Waals surface area (Å²) in [6.45, 7) is 2.63. The van der Waals surface area contributed by atoms with Gasteiger partial charge in [-0.25, -0.2) is 8.42 Å². The molecule has 1 rings (SSSR count). The highest BCUT2D eigenvalue weighted by atomic mass is 35.5. The molecule has 0 fully saturated rings. The second kappa shape index (κ2) is 12.7. The molecule has 1 aromatic carbocycles. The van der Waals surface area contributed by atoms with Gasteiger partial charge in [-0.1, -0.05) is 37.0 Å². The number of amides is 2. The fourth-order valence-corrected chi connectivity index (χ4v) is 4.58. The maximum Gasteiger partial charge on any atom is 0.325 e. The van der Waals surface area contributed by atoms with Crippen LogP contribution in [0.25, 0.3) is 0 Å². The van der Waals surface area contributed by atoms with E-state index in [1.807, 2.05) is 0 Å². The number of benzene rings is 1. The normalized spacial score (nSPS) is 12.1. The van der Waals surface area contributed by atoms with Crippen molar-refractivity contribution in [3.63, 3.8) is 0 Å². The largest absolute Gasteiger partial charge is 0.468 e. The van der Waals surface area contributed by atoms with Crippen LogP contribution >= 0.6 is 23.2 Å². The highest BCUT2D eigenvalue weighted by Gasteiger charge is 2.29. The van der Waals surface area contributed by atoms with Gasteiger partial charge in [0.25, 0.3) is 5.91 Å². The van der Waals surface area contributed by atoms with Crippen molar-refractivity contribution in [2.45, 2.75) is 31.2 Å². The average Bonchev–Trinajstić information content (AvgIpc) is 2.73. The van der Waals surface area contributed by atoms with Crippen LogP contribution in [0.5, 0.6) is 0 Å². The second-order valence-electron chi connectivity index (χ2n) is 7.12. The van der Waals surface area contributed by atoms with E-state index in [9.17, 15) is 27.6 Å². The van der Waals surface area contributed by atoms with Crippen LogP contribution in [0, 0.1) is 5.92 Å². The number of halogens is 2. The molecule has 0 saturated carbocycles. The topological polar surface area (TPSA) is 157 Å². The van der Waals surface area contributed by atoms with Gasteiger partial charge in [-0.3, -0.25) is 19.2 Å². The summed E-state index contributed by atoms with van der Waals surface area (Å²) in [5.41, 5.74) is -0.263. The molecule has 0 aliphatic heterocycles. The van der Waals surface area contributed by atoms with E-state index in [4.69, 9.17) is 23.2 Å². The molecule has 0 aliphatic rings. The Balaban J connectivity index is 3.22. The zero-order valence-electron chi connectivity index (χ0n) is 18.4. The molecule has 1 atom stereocenters. The highest BCUT2D eigenvalue weighted by molar-refractivity contribution is 7.89. The van der Waals surface area contributed by atoms with Crippen molar-refractivity contribution in [3.05, 3.63) is 27.7 Å². The first-order valence-electron chi connectivity index (χ1n) is 9.53. The van der Waals surface area contributed by atoms with Crippen molar-refractivity contribution < 1.29 is 37.1 Å². The Morgan fingerprint density at radius 1 is 0.939 bits per heavy atom. The van der Waals surface area contributed by atoms with E-state index in [0.29, 0.717) is 0 Å². The minimum Gasteiger partial charge on any atom is -0.468 e. The van der Waals surface area contributed by atoms with Crippen LogP contribution in [-0.2, 0) is 33.9 Å². The highest BCUT2D eigenvalue weighted by Crippen LogP contribution is 2.29. The van der Waals surface area contributed by atoms with Crippen LogP contribution in [-0.4, -0.2) is 65.5 Å². The fraction of sp³-hybridized carbons (Fsp3) is 0.474. The smallest absolute Gasteiger partial charge is 0.325 e. The first-order chi connectivity index (χ1) is 15.3. The van der Waals surface area contributed by atoms with Gasteiger partial charge in [-0.05, 0) is 24.5 Å². The number of rotatable bonds is 11. The molecule has 11 nitrogen and oxygen atoms in total. The van der Waals surface area contributed by atoms with Crippen molar-refractivity contribution in [3.8, 4) is 0 Å². The van der Waals surface area contributed by atoms with Crippen molar-refractivity contribution in [1.29, 1.82) is 0 Å². The third-order valence-electron chi connectivity index (χ3n) is 4.13. The zero-order valence-corrected chi connectivity index (χ0v) is 20.7. The first kappa shape index (κ1) is 28.6. The Morgan fingerprint density at radius 2 is 1.48 bits per heavy atom. The first-order valence-corrected chi connectivity index (χ1v) is 11.8. The van der Waals surface area contributed by atoms with Crippen molar-refractivity contribution in [2.75, 3.05) is 27.3 Å². The molecule has 0 radical (unpaired) electrons. The van der Waals surface area contributed by atoms with Gasteiger partial charge in [0.2, 0.25) is 15.9 Å². The van der Waals surface area contributed by atoms with Crippen LogP contribution in [0.15, 0.2) is 17.0 Å². The predicted octanol–water partition coefficient (Wildman–Crippen LogP) is 0.878. The Labute approximate surface area is 201 Å². The van der Waals surface area contributed by atoms with Gasteiger partial charge in [0.1, 0.15) is 24.0 Å². The van der Waals surface area contributed by atoms with Gasteiger partial charge in [-0.15, -0.1) is 0 Å². The Bertz CT molecular complexity index is 1010. The summed E-state index contributed by atoms with van der Waals surface area (Å²) in [4.78, 5) is 46.9. The molecular formula is C19H25Cl2N3O8S. The molecule has 14 heteroatoms. The van der Waals surface area contributed by atoms with Crippen LogP contribution in [0.3, 0.4) is 0 Å². The van der Waals surface area contributed by atoms with Crippen LogP contribution in [0.2, 0.25) is 10.0 Å². The molecule has 2 amide bonds. The lowest BCUT2D eigenvalue weighted by molar-refractivity contribution is -0.141. The Kier molecular flexibility index (Phi) is 11.0. The molecule has 0 bridgehead atoms. The molecule has 0 saturated heterocycles. The van der Waals surface area contributed by atoms with E-state index in [-0.39, 0.29) is 27.9 Å². The summed E-state index contributed by atoms with van der Waals surface area (Å²) >= 11 is 12.1. The van der Waals surface area contributed by atoms with E-state index in [0.717, 1.165) is 26.4 Å². The summed E-state index contributed by atoms with van der Waals surface area (Å²) in [5.74, 6) is -3.12. The van der Waals surface area contributed by atoms with Gasteiger partial charge in [0, 0.05) is 0 Å². The number of sulfonamides is 1. The molecule has 0 aliphatic carbocycles. The maximum atomic E-state index is 13.0. The van der Waals surface area contributed by atoms with Crippen LogP contribution in [0.4, 0.5) is 0 Å². The predicted molar refractivity (Wildman–Crippen MR) is 119 cm³/mol. The minimum absolute atomic E-state index is 0.0954. The van der Waals surface area contributed by atoms with E-state index < -0.39 is 57.8 Å². The summed E-state index contributed by atoms with van der Waals surface area (Å²) in [6, 6.07) is 0.737. The molecule has 0 heterocycles. The molecule has 0 spiro atoms. The molecule has 3 N–H and O–H groups in total. The lowest BCUT2D eigenvalue weighted by Gasteiger charge is -2.20. The molecule has 184 valence electrons. The molecule has 33 heavy (non-hydrogen) atoms. The standard InChI is InChI=1S/C19H25Cl2N3O8S/c1-10(2)5-14(19(28)23-9-17(26)32-4)24-33(29,30)15-6-11(12(20)7-13(15)21)18(27)22-8-16(25)31-3/h6-7,10,14,24H,5,8-9H2,1-4H3,(H,22,27)(H,23,28)/t14-/m0/s1. The Morgan fingerprint density at radius 3 is 2.00 bits per heavy atom. The van der Waals surface area contributed by atoms with E-state index in [1.54, 1.807) is 13.8 Å². The summed E-state index contributed by atoms with van der Waals surface area (Å²) in [5, 5.41) is 4.09. The summed E-state index contributed by atoms with van der Waals surface area (Å²) < 4.78 is 37.2. The van der Waals surface area contributed by atoms with Gasteiger partial charge in [-0.2, -0.15) is 4.72 Å². The van der Waals surface area contributed by atoms with Crippen molar-refractivity contribution >= 4 is 57.0 Å². The van der Waals surface area contributed by atoms with Crippen LogP contribution < -0.4 is 15.4 Å². The van der Waals surface area contributed by atoms with E-state index in [1.165, 1.54) is 0 Å². The monoisotopic (exact) mass is 525 g/mol. The lowest BCUT2D eigenvalue weighted by atomic mass is 10.0. The van der Waals surface area contributed by atoms with E-state index >= 15 is 0 Å². The van der Waals surface area contributed by atoms with Crippen molar-refractivity contribution in [1.82, 2.24) is 15.4 Å². The van der Waals surface area contributed by atoms with Gasteiger partial charge in [0.15, 0.2) is 0 Å². The minimum atomic E-state index is -4.42. The number of nitrogens with one attached hydrogen (secondary N) is 3. The third kappa shape index (κ3) is 8.80. The number of carbonyl (C=O) groups is 4. The molecular weight excluding hydrogens is 501 g/mol. The lowest BCUT2D eigenvalue weighted by Crippen LogP contribution is -2.48. The SMILES string of the molecule is COC(=O)CNC(=O)c1cc(S(=O)(=O)N[C@@H](CC(C)C)C(=O)NCC(=O)OC)c(Cl)cc1Cl. The van der Waals surface area contributed by atoms with Gasteiger partial charge >= 0.3 is 11.9 Å². The quantitative estimate of drug-likeness (QED) is 0.359. The number of hydrogen-bond donors (Lipinski definition) is 3. The molecule has 0 aromatic heterocycles. The molecule has 1 aromatic rings. The summed E-state index contributed by atoms with van der Waals surface area (Å²) in [6.07, 6.45) is 0.101. The number of ether oxygens (including phenoxy) is 2.